The van der Waals surface area contributed by atoms with E-state index >= 15 is 0 Å². The molecule has 2 aliphatic rings. The topological polar surface area (TPSA) is 124 Å². The lowest BCUT2D eigenvalue weighted by molar-refractivity contribution is -0.131. The van der Waals surface area contributed by atoms with Crippen LogP contribution in [-0.4, -0.2) is 52.0 Å². The standard InChI is InChI=1S/C19H22N6O4/c1-11-14-12(22-19-23-18(27)15(17(20)26)25(11)19)4-5-13(16(14)28-2)29-9-3-7-24-8-6-21-10-24/h4-6,8,10-11,15H,3,7,9H2,1-2H3,(H2,20,26)(H,22,23,27). The molecule has 10 nitrogen and oxygen atoms in total. The van der Waals surface area contributed by atoms with E-state index in [2.05, 4.69) is 15.3 Å². The van der Waals surface area contributed by atoms with Crippen LogP contribution in [0, 0.1) is 0 Å². The number of hydrogen-bond donors (Lipinski definition) is 2. The van der Waals surface area contributed by atoms with Gasteiger partial charge in [-0.2, -0.15) is 0 Å². The third kappa shape index (κ3) is 3.26. The van der Waals surface area contributed by atoms with Gasteiger partial charge in [0.25, 0.3) is 5.91 Å². The molecule has 0 bridgehead atoms. The van der Waals surface area contributed by atoms with Crippen LogP contribution in [-0.2, 0) is 16.1 Å². The van der Waals surface area contributed by atoms with Crippen molar-refractivity contribution in [2.45, 2.75) is 32.0 Å². The number of aliphatic imine (C=N–C) groups is 1. The molecule has 2 aliphatic heterocycles. The van der Waals surface area contributed by atoms with Crippen LogP contribution >= 0.6 is 0 Å². The first-order valence-electron chi connectivity index (χ1n) is 9.28. The first kappa shape index (κ1) is 18.8. The fourth-order valence-corrected chi connectivity index (χ4v) is 3.75. The van der Waals surface area contributed by atoms with Gasteiger partial charge in [0.1, 0.15) is 0 Å². The van der Waals surface area contributed by atoms with Gasteiger partial charge in [-0.3, -0.25) is 14.9 Å². The predicted octanol–water partition coefficient (Wildman–Crippen LogP) is 0.709. The van der Waals surface area contributed by atoms with Gasteiger partial charge in [0, 0.05) is 24.5 Å². The Morgan fingerprint density at radius 2 is 2.21 bits per heavy atom. The van der Waals surface area contributed by atoms with Crippen molar-refractivity contribution in [3.63, 3.8) is 0 Å². The van der Waals surface area contributed by atoms with Gasteiger partial charge in [-0.25, -0.2) is 9.98 Å². The van der Waals surface area contributed by atoms with Gasteiger partial charge in [-0.15, -0.1) is 0 Å². The number of rotatable bonds is 7. The molecule has 3 heterocycles. The van der Waals surface area contributed by atoms with Crippen molar-refractivity contribution in [1.82, 2.24) is 19.8 Å². The number of aromatic nitrogens is 2. The number of imidazole rings is 1. The molecule has 1 fully saturated rings. The van der Waals surface area contributed by atoms with Crippen LogP contribution < -0.4 is 20.5 Å². The molecule has 29 heavy (non-hydrogen) atoms. The monoisotopic (exact) mass is 398 g/mol. The van der Waals surface area contributed by atoms with Crippen LogP contribution in [0.1, 0.15) is 24.9 Å². The largest absolute Gasteiger partial charge is 0.492 e. The predicted molar refractivity (Wildman–Crippen MR) is 104 cm³/mol. The van der Waals surface area contributed by atoms with E-state index in [-0.39, 0.29) is 6.04 Å². The fraction of sp³-hybridized carbons (Fsp3) is 0.368. The molecule has 4 rings (SSSR count). The maximum Gasteiger partial charge on any atom is 0.259 e. The number of aryl methyl sites for hydroxylation is 1. The van der Waals surface area contributed by atoms with E-state index < -0.39 is 17.9 Å². The van der Waals surface area contributed by atoms with E-state index in [9.17, 15) is 9.59 Å². The first-order valence-corrected chi connectivity index (χ1v) is 9.28. The smallest absolute Gasteiger partial charge is 0.259 e. The van der Waals surface area contributed by atoms with E-state index in [0.29, 0.717) is 29.8 Å². The molecule has 0 radical (unpaired) electrons. The summed E-state index contributed by atoms with van der Waals surface area (Å²) in [6.07, 6.45) is 6.19. The van der Waals surface area contributed by atoms with Crippen molar-refractivity contribution < 1.29 is 19.1 Å². The number of ether oxygens (including phenoxy) is 2. The maximum atomic E-state index is 12.2. The summed E-state index contributed by atoms with van der Waals surface area (Å²) in [6.45, 7) is 3.15. The number of benzene rings is 1. The number of nitrogens with two attached hydrogens (primary N) is 1. The Hall–Kier alpha value is -3.56. The molecule has 152 valence electrons. The number of fused-ring (bicyclic) bond motifs is 2. The van der Waals surface area contributed by atoms with Crippen LogP contribution in [0.2, 0.25) is 0 Å². The van der Waals surface area contributed by atoms with Crippen molar-refractivity contribution in [3.8, 4) is 11.5 Å². The van der Waals surface area contributed by atoms with Gasteiger partial charge in [-0.05, 0) is 25.5 Å². The summed E-state index contributed by atoms with van der Waals surface area (Å²) in [4.78, 5) is 34.1. The van der Waals surface area contributed by atoms with Gasteiger partial charge in [0.2, 0.25) is 11.9 Å². The minimum Gasteiger partial charge on any atom is -0.492 e. The number of carbonyl (C=O) groups excluding carboxylic acids is 2. The van der Waals surface area contributed by atoms with E-state index in [4.69, 9.17) is 15.2 Å². The number of primary amides is 1. The lowest BCUT2D eigenvalue weighted by Crippen LogP contribution is -2.47. The molecule has 2 amide bonds. The molecule has 0 spiro atoms. The Morgan fingerprint density at radius 1 is 1.38 bits per heavy atom. The summed E-state index contributed by atoms with van der Waals surface area (Å²) in [5.74, 6) is 0.217. The Morgan fingerprint density at radius 3 is 2.90 bits per heavy atom. The van der Waals surface area contributed by atoms with Crippen LogP contribution in [0.4, 0.5) is 5.69 Å². The van der Waals surface area contributed by atoms with Gasteiger partial charge >= 0.3 is 0 Å². The number of nitrogens with zero attached hydrogens (tertiary/aromatic N) is 4. The average molecular weight is 398 g/mol. The molecule has 1 aromatic carbocycles. The Balaban J connectivity index is 1.58. The minimum atomic E-state index is -1.11. The Labute approximate surface area is 167 Å². The van der Waals surface area contributed by atoms with Crippen molar-refractivity contribution in [2.75, 3.05) is 13.7 Å². The van der Waals surface area contributed by atoms with Gasteiger partial charge in [0.05, 0.1) is 31.8 Å². The quantitative estimate of drug-likeness (QED) is 0.523. The average Bonchev–Trinajstić information content (AvgIpc) is 3.32. The van der Waals surface area contributed by atoms with Crippen LogP contribution in [0.5, 0.6) is 11.5 Å². The van der Waals surface area contributed by atoms with Crippen molar-refractivity contribution >= 4 is 23.5 Å². The van der Waals surface area contributed by atoms with Crippen LogP contribution in [0.25, 0.3) is 0 Å². The lowest BCUT2D eigenvalue weighted by Gasteiger charge is -2.34. The van der Waals surface area contributed by atoms with Crippen molar-refractivity contribution in [2.24, 2.45) is 10.7 Å². The second kappa shape index (κ2) is 7.46. The highest BCUT2D eigenvalue weighted by atomic mass is 16.5. The summed E-state index contributed by atoms with van der Waals surface area (Å²) in [5.41, 5.74) is 6.83. The van der Waals surface area contributed by atoms with E-state index in [1.807, 2.05) is 23.8 Å². The third-order valence-electron chi connectivity index (χ3n) is 5.06. The molecular formula is C19H22N6O4. The second-order valence-corrected chi connectivity index (χ2v) is 6.85. The fourth-order valence-electron chi connectivity index (χ4n) is 3.75. The summed E-state index contributed by atoms with van der Waals surface area (Å²) in [6, 6.07) is 2.14. The number of nitrogens with one attached hydrogen (secondary N) is 1. The van der Waals surface area contributed by atoms with Gasteiger partial charge in [-0.1, -0.05) is 0 Å². The summed E-state index contributed by atoms with van der Waals surface area (Å²) >= 11 is 0. The SMILES string of the molecule is COc1c(OCCCn2ccnc2)ccc2c1C(C)N1C(=N2)NC(=O)C1C(N)=O. The zero-order valence-electron chi connectivity index (χ0n) is 16.2. The molecule has 0 saturated carbocycles. The lowest BCUT2D eigenvalue weighted by atomic mass is 10.00. The highest BCUT2D eigenvalue weighted by Gasteiger charge is 2.46. The molecule has 2 atom stereocenters. The number of guanidine groups is 1. The second-order valence-electron chi connectivity index (χ2n) is 6.85. The highest BCUT2D eigenvalue weighted by molar-refractivity contribution is 6.17. The van der Waals surface area contributed by atoms with Crippen LogP contribution in [0.15, 0.2) is 35.8 Å². The highest BCUT2D eigenvalue weighted by Crippen LogP contribution is 2.46. The molecule has 10 heteroatoms. The van der Waals surface area contributed by atoms with E-state index in [1.165, 1.54) is 0 Å². The number of amides is 2. The summed E-state index contributed by atoms with van der Waals surface area (Å²) < 4.78 is 13.6. The number of carbonyl (C=O) groups is 2. The van der Waals surface area contributed by atoms with Crippen LogP contribution in [0.3, 0.4) is 0 Å². The molecule has 2 aromatic rings. The third-order valence-corrected chi connectivity index (χ3v) is 5.06. The number of hydrogen-bond acceptors (Lipinski definition) is 7. The molecular weight excluding hydrogens is 376 g/mol. The zero-order valence-corrected chi connectivity index (χ0v) is 16.2. The Bertz CT molecular complexity index is 971. The molecule has 1 saturated heterocycles. The molecule has 3 N–H and O–H groups in total. The number of methoxy groups -OCH3 is 1. The normalized spacial score (nSPS) is 19.9. The van der Waals surface area contributed by atoms with E-state index in [0.717, 1.165) is 18.5 Å². The molecule has 1 aromatic heterocycles. The van der Waals surface area contributed by atoms with E-state index in [1.54, 1.807) is 30.6 Å². The van der Waals surface area contributed by atoms with Gasteiger partial charge in [0.15, 0.2) is 17.5 Å². The molecule has 2 unspecified atom stereocenters. The van der Waals surface area contributed by atoms with Crippen molar-refractivity contribution in [1.29, 1.82) is 0 Å². The zero-order chi connectivity index (χ0) is 20.5. The summed E-state index contributed by atoms with van der Waals surface area (Å²) in [5, 5.41) is 2.62. The summed E-state index contributed by atoms with van der Waals surface area (Å²) in [7, 11) is 1.55. The molecule has 0 aliphatic carbocycles. The van der Waals surface area contributed by atoms with Crippen molar-refractivity contribution in [3.05, 3.63) is 36.4 Å². The Kier molecular flexibility index (Phi) is 4.83. The first-order chi connectivity index (χ1) is 14.0. The minimum absolute atomic E-state index is 0.315. The van der Waals surface area contributed by atoms with Gasteiger partial charge < -0.3 is 24.7 Å². The maximum absolute atomic E-state index is 12.2.